The van der Waals surface area contributed by atoms with Gasteiger partial charge in [0.05, 0.1) is 22.9 Å². The van der Waals surface area contributed by atoms with E-state index in [1.807, 2.05) is 6.07 Å². The molecule has 1 aliphatic heterocycles. The molecule has 0 radical (unpaired) electrons. The Hall–Kier alpha value is -3.76. The second-order valence-electron chi connectivity index (χ2n) is 10.5. The van der Waals surface area contributed by atoms with E-state index in [1.54, 1.807) is 18.5 Å². The summed E-state index contributed by atoms with van der Waals surface area (Å²) in [7, 11) is 0. The summed E-state index contributed by atoms with van der Waals surface area (Å²) in [6.45, 7) is 3.33. The van der Waals surface area contributed by atoms with Gasteiger partial charge >= 0.3 is 0 Å². The molecule has 7 rings (SSSR count). The van der Waals surface area contributed by atoms with Crippen molar-refractivity contribution in [3.63, 3.8) is 0 Å². The third kappa shape index (κ3) is 4.86. The number of aromatic nitrogens is 4. The summed E-state index contributed by atoms with van der Waals surface area (Å²) in [5.41, 5.74) is 8.37. The predicted octanol–water partition coefficient (Wildman–Crippen LogP) is 7.88. The van der Waals surface area contributed by atoms with Crippen molar-refractivity contribution in [2.24, 2.45) is 0 Å². The smallest absolute Gasteiger partial charge is 0.127 e. The summed E-state index contributed by atoms with van der Waals surface area (Å²) in [5, 5.41) is 19.7. The number of aromatic hydroxyl groups is 1. The monoisotopic (exact) mass is 643 g/mol. The first-order chi connectivity index (χ1) is 19.5. The number of nitrogens with one attached hydrogen (secondary N) is 2. The summed E-state index contributed by atoms with van der Waals surface area (Å²) in [6, 6.07) is 19.3. The van der Waals surface area contributed by atoms with Gasteiger partial charge in [-0.3, -0.25) is 15.0 Å². The van der Waals surface area contributed by atoms with Crippen LogP contribution in [0, 0.1) is 9.39 Å². The van der Waals surface area contributed by atoms with Crippen molar-refractivity contribution in [2.75, 3.05) is 13.1 Å². The van der Waals surface area contributed by atoms with Crippen LogP contribution in [0.25, 0.3) is 55.4 Å². The number of nitrogens with zero attached hydrogens (tertiary/aromatic N) is 3. The van der Waals surface area contributed by atoms with E-state index >= 15 is 0 Å². The first kappa shape index (κ1) is 25.2. The van der Waals surface area contributed by atoms with Crippen molar-refractivity contribution in [1.82, 2.24) is 25.1 Å². The molecule has 0 aliphatic carbocycles. The lowest BCUT2D eigenvalue weighted by Crippen LogP contribution is -2.29. The van der Waals surface area contributed by atoms with Gasteiger partial charge in [-0.25, -0.2) is 4.39 Å². The average Bonchev–Trinajstić information content (AvgIpc) is 3.56. The molecule has 0 saturated carbocycles. The van der Waals surface area contributed by atoms with E-state index in [-0.39, 0.29) is 5.75 Å². The Morgan fingerprint density at radius 3 is 2.58 bits per heavy atom. The van der Waals surface area contributed by atoms with Crippen LogP contribution in [0.2, 0.25) is 0 Å². The maximum atomic E-state index is 14.1. The number of H-pyrrole nitrogens is 2. The molecular weight excluding hydrogens is 616 g/mol. The number of pyridine rings is 1. The van der Waals surface area contributed by atoms with Crippen LogP contribution in [0.1, 0.15) is 24.8 Å². The molecule has 4 heterocycles. The molecule has 0 bridgehead atoms. The van der Waals surface area contributed by atoms with Gasteiger partial charge in [-0.15, -0.1) is 0 Å². The number of phenols is 1. The summed E-state index contributed by atoms with van der Waals surface area (Å²) >= 11 is 2.42. The molecule has 1 saturated heterocycles. The van der Waals surface area contributed by atoms with Gasteiger partial charge in [0.1, 0.15) is 17.3 Å². The highest BCUT2D eigenvalue weighted by atomic mass is 127. The van der Waals surface area contributed by atoms with Crippen molar-refractivity contribution < 1.29 is 9.50 Å². The quantitative estimate of drug-likeness (QED) is 0.167. The number of likely N-dealkylation sites (tertiary alicyclic amines) is 1. The Morgan fingerprint density at radius 2 is 1.73 bits per heavy atom. The fourth-order valence-electron chi connectivity index (χ4n) is 5.82. The number of hydrogen-bond acceptors (Lipinski definition) is 4. The summed E-state index contributed by atoms with van der Waals surface area (Å²) < 4.78 is 15.3. The number of fused-ring (bicyclic) bond motifs is 2. The molecule has 200 valence electrons. The molecule has 3 aromatic heterocycles. The first-order valence-corrected chi connectivity index (χ1v) is 14.6. The minimum atomic E-state index is -0.497. The Bertz CT molecular complexity index is 1850. The Morgan fingerprint density at radius 1 is 0.850 bits per heavy atom. The molecule has 3 N–H and O–H groups in total. The van der Waals surface area contributed by atoms with Crippen LogP contribution >= 0.6 is 22.6 Å². The van der Waals surface area contributed by atoms with Gasteiger partial charge in [-0.05, 0) is 119 Å². The normalized spacial score (nSPS) is 14.3. The van der Waals surface area contributed by atoms with E-state index in [0.717, 1.165) is 56.9 Å². The maximum Gasteiger partial charge on any atom is 0.127 e. The van der Waals surface area contributed by atoms with Gasteiger partial charge in [0.25, 0.3) is 0 Å². The summed E-state index contributed by atoms with van der Waals surface area (Å²) in [6.07, 6.45) is 7.34. The molecule has 6 aromatic rings. The summed E-state index contributed by atoms with van der Waals surface area (Å²) in [4.78, 5) is 10.4. The van der Waals surface area contributed by atoms with E-state index in [0.29, 0.717) is 5.56 Å². The topological polar surface area (TPSA) is 80.8 Å². The molecule has 0 amide bonds. The molecule has 0 unspecified atom stereocenters. The number of benzene rings is 3. The largest absolute Gasteiger partial charge is 0.508 e. The van der Waals surface area contributed by atoms with Crippen LogP contribution in [0.15, 0.2) is 73.1 Å². The lowest BCUT2D eigenvalue weighted by atomic mass is 10.00. The van der Waals surface area contributed by atoms with Gasteiger partial charge in [0.15, 0.2) is 0 Å². The molecule has 40 heavy (non-hydrogen) atoms. The lowest BCUT2D eigenvalue weighted by molar-refractivity contribution is 0.221. The molecule has 1 aliphatic rings. The SMILES string of the molecule is Oc1cc(F)cc(-c2cncc3[nH]c(-c4n[nH]c5ccc(-c6cc(I)cc(CN7CCCCC7)c6)cc45)cc23)c1. The van der Waals surface area contributed by atoms with Gasteiger partial charge in [-0.2, -0.15) is 5.10 Å². The van der Waals surface area contributed by atoms with E-state index in [1.165, 1.54) is 53.1 Å². The number of piperidine rings is 1. The number of halogens is 2. The number of rotatable bonds is 5. The zero-order valence-electron chi connectivity index (χ0n) is 21.7. The highest BCUT2D eigenvalue weighted by Gasteiger charge is 2.16. The van der Waals surface area contributed by atoms with Gasteiger partial charge in [0.2, 0.25) is 0 Å². The van der Waals surface area contributed by atoms with Crippen molar-refractivity contribution in [3.05, 3.63) is 88.0 Å². The Kier molecular flexibility index (Phi) is 6.51. The summed E-state index contributed by atoms with van der Waals surface area (Å²) in [5.74, 6) is -0.619. The number of aromatic amines is 2. The zero-order chi connectivity index (χ0) is 27.2. The van der Waals surface area contributed by atoms with E-state index < -0.39 is 5.82 Å². The first-order valence-electron chi connectivity index (χ1n) is 13.5. The lowest BCUT2D eigenvalue weighted by Gasteiger charge is -2.26. The minimum absolute atomic E-state index is 0.122. The van der Waals surface area contributed by atoms with Gasteiger partial charge < -0.3 is 10.1 Å². The second-order valence-corrected chi connectivity index (χ2v) is 11.8. The standard InChI is InChI=1S/C32H27FIN5O/c33-23-10-22(12-25(40)14-23)28-16-35-17-31-26(28)15-30(36-31)32-27-13-20(4-5-29(27)37-38-32)21-8-19(9-24(34)11-21)18-39-6-2-1-3-7-39/h4-5,8-17,36,40H,1-3,6-7,18H2,(H,37,38). The molecule has 0 spiro atoms. The molecule has 3 aromatic carbocycles. The van der Waals surface area contributed by atoms with E-state index in [2.05, 4.69) is 84.1 Å². The van der Waals surface area contributed by atoms with Crippen LogP contribution in [-0.2, 0) is 6.54 Å². The molecule has 0 atom stereocenters. The fourth-order valence-corrected chi connectivity index (χ4v) is 6.56. The van der Waals surface area contributed by atoms with Crippen LogP contribution in [0.5, 0.6) is 5.75 Å². The Labute approximate surface area is 244 Å². The predicted molar refractivity (Wildman–Crippen MR) is 166 cm³/mol. The van der Waals surface area contributed by atoms with Crippen molar-refractivity contribution in [2.45, 2.75) is 25.8 Å². The molecule has 6 nitrogen and oxygen atoms in total. The van der Waals surface area contributed by atoms with Crippen LogP contribution in [0.3, 0.4) is 0 Å². The third-order valence-corrected chi connectivity index (χ3v) is 8.33. The number of hydrogen-bond donors (Lipinski definition) is 3. The van der Waals surface area contributed by atoms with Crippen LogP contribution in [0.4, 0.5) is 4.39 Å². The maximum absolute atomic E-state index is 14.1. The Balaban J connectivity index is 1.28. The molecular formula is C32H27FIN5O. The molecule has 8 heteroatoms. The van der Waals surface area contributed by atoms with E-state index in [4.69, 9.17) is 0 Å². The molecule has 1 fully saturated rings. The van der Waals surface area contributed by atoms with Crippen LogP contribution in [-0.4, -0.2) is 43.3 Å². The van der Waals surface area contributed by atoms with Gasteiger partial charge in [-0.1, -0.05) is 12.5 Å². The third-order valence-electron chi connectivity index (χ3n) is 7.70. The highest BCUT2D eigenvalue weighted by Crippen LogP contribution is 2.36. The van der Waals surface area contributed by atoms with Crippen LogP contribution < -0.4 is 0 Å². The average molecular weight is 644 g/mol. The van der Waals surface area contributed by atoms with Crippen molar-refractivity contribution in [1.29, 1.82) is 0 Å². The van der Waals surface area contributed by atoms with Crippen molar-refractivity contribution >= 4 is 44.4 Å². The second kappa shape index (κ2) is 10.3. The number of phenolic OH excluding ortho intramolecular Hbond substituents is 1. The zero-order valence-corrected chi connectivity index (χ0v) is 23.9. The van der Waals surface area contributed by atoms with Gasteiger partial charge in [0, 0.05) is 38.7 Å². The highest BCUT2D eigenvalue weighted by molar-refractivity contribution is 14.1. The fraction of sp³-hybridized carbons (Fsp3) is 0.188. The van der Waals surface area contributed by atoms with E-state index in [9.17, 15) is 9.50 Å². The minimum Gasteiger partial charge on any atom is -0.508 e. The van der Waals surface area contributed by atoms with Crippen molar-refractivity contribution in [3.8, 4) is 39.4 Å².